The topological polar surface area (TPSA) is 58.6 Å². The maximum atomic E-state index is 13.6. The molecule has 0 radical (unpaired) electrons. The van der Waals surface area contributed by atoms with E-state index in [1.165, 1.54) is 0 Å². The molecule has 0 aliphatic rings. The molecular formula is C29H33BrN2O3. The third-order valence-electron chi connectivity index (χ3n) is 5.67. The molecule has 5 nitrogen and oxygen atoms in total. The molecule has 1 N–H and O–H groups in total. The lowest BCUT2D eigenvalue weighted by molar-refractivity contribution is -0.142. The van der Waals surface area contributed by atoms with Gasteiger partial charge in [0.05, 0.1) is 0 Å². The van der Waals surface area contributed by atoms with Gasteiger partial charge in [0.25, 0.3) is 5.91 Å². The number of ether oxygens (including phenoxy) is 1. The standard InChI is InChI=1S/C29H33BrN2O3/c1-21(2)18-31-29(34)26(17-23-10-5-4-6-11-23)32(19-24-13-15-25(30)16-14-24)28(33)20-35-27-12-8-7-9-22(27)3/h4-16,21,26H,17-20H2,1-3H3,(H,31,34). The van der Waals surface area contributed by atoms with Crippen LogP contribution in [0.25, 0.3) is 0 Å². The Kier molecular flexibility index (Phi) is 9.91. The minimum atomic E-state index is -0.673. The molecule has 0 aliphatic heterocycles. The van der Waals surface area contributed by atoms with Gasteiger partial charge in [0.1, 0.15) is 11.8 Å². The van der Waals surface area contributed by atoms with Gasteiger partial charge >= 0.3 is 0 Å². The first-order valence-corrected chi connectivity index (χ1v) is 12.7. The third-order valence-corrected chi connectivity index (χ3v) is 6.20. The number of benzene rings is 3. The minimum Gasteiger partial charge on any atom is -0.484 e. The molecule has 0 heterocycles. The van der Waals surface area contributed by atoms with Gasteiger partial charge in [-0.2, -0.15) is 0 Å². The summed E-state index contributed by atoms with van der Waals surface area (Å²) in [6.07, 6.45) is 0.414. The minimum absolute atomic E-state index is 0.149. The molecule has 3 aromatic rings. The zero-order chi connectivity index (χ0) is 25.2. The lowest BCUT2D eigenvalue weighted by atomic mass is 10.0. The van der Waals surface area contributed by atoms with Crippen molar-refractivity contribution in [1.29, 1.82) is 0 Å². The number of para-hydroxylation sites is 1. The number of hydrogen-bond donors (Lipinski definition) is 1. The van der Waals surface area contributed by atoms with Crippen LogP contribution < -0.4 is 10.1 Å². The Hall–Kier alpha value is -3.12. The lowest BCUT2D eigenvalue weighted by Gasteiger charge is -2.31. The molecule has 0 spiro atoms. The van der Waals surface area contributed by atoms with E-state index in [0.717, 1.165) is 21.2 Å². The van der Waals surface area contributed by atoms with Crippen molar-refractivity contribution in [3.05, 3.63) is 100 Å². The number of halogens is 1. The summed E-state index contributed by atoms with van der Waals surface area (Å²) >= 11 is 3.46. The van der Waals surface area contributed by atoms with Crippen LogP contribution in [0.3, 0.4) is 0 Å². The van der Waals surface area contributed by atoms with Crippen LogP contribution in [0.15, 0.2) is 83.3 Å². The summed E-state index contributed by atoms with van der Waals surface area (Å²) in [4.78, 5) is 28.6. The third kappa shape index (κ3) is 8.25. The first kappa shape index (κ1) is 26.5. The van der Waals surface area contributed by atoms with E-state index >= 15 is 0 Å². The second-order valence-electron chi connectivity index (χ2n) is 9.05. The summed E-state index contributed by atoms with van der Waals surface area (Å²) in [6, 6.07) is 24.5. The molecular weight excluding hydrogens is 504 g/mol. The first-order valence-electron chi connectivity index (χ1n) is 11.9. The predicted octanol–water partition coefficient (Wildman–Crippen LogP) is 5.55. The van der Waals surface area contributed by atoms with Crippen molar-refractivity contribution in [2.24, 2.45) is 5.92 Å². The molecule has 0 bridgehead atoms. The fraction of sp³-hybridized carbons (Fsp3) is 0.310. The summed E-state index contributed by atoms with van der Waals surface area (Å²) in [5.41, 5.74) is 2.88. The van der Waals surface area contributed by atoms with E-state index in [1.807, 2.05) is 99.6 Å². The Bertz CT molecular complexity index is 1100. The van der Waals surface area contributed by atoms with E-state index in [4.69, 9.17) is 4.74 Å². The molecule has 184 valence electrons. The Balaban J connectivity index is 1.90. The van der Waals surface area contributed by atoms with Crippen molar-refractivity contribution in [2.45, 2.75) is 39.8 Å². The number of nitrogens with zero attached hydrogens (tertiary/aromatic N) is 1. The van der Waals surface area contributed by atoms with Gasteiger partial charge in [-0.3, -0.25) is 9.59 Å². The van der Waals surface area contributed by atoms with E-state index in [1.54, 1.807) is 4.90 Å². The zero-order valence-electron chi connectivity index (χ0n) is 20.5. The van der Waals surface area contributed by atoms with E-state index in [2.05, 4.69) is 21.2 Å². The second kappa shape index (κ2) is 13.1. The van der Waals surface area contributed by atoms with Crippen LogP contribution in [-0.2, 0) is 22.6 Å². The van der Waals surface area contributed by atoms with Crippen LogP contribution in [0, 0.1) is 12.8 Å². The molecule has 2 amide bonds. The predicted molar refractivity (Wildman–Crippen MR) is 143 cm³/mol. The molecule has 3 aromatic carbocycles. The maximum Gasteiger partial charge on any atom is 0.261 e. The van der Waals surface area contributed by atoms with Crippen molar-refractivity contribution in [3.63, 3.8) is 0 Å². The van der Waals surface area contributed by atoms with E-state index < -0.39 is 6.04 Å². The van der Waals surface area contributed by atoms with Crippen LogP contribution in [0.2, 0.25) is 0 Å². The van der Waals surface area contributed by atoms with Gasteiger partial charge < -0.3 is 15.0 Å². The van der Waals surface area contributed by atoms with Crippen LogP contribution in [0.5, 0.6) is 5.75 Å². The first-order chi connectivity index (χ1) is 16.8. The molecule has 35 heavy (non-hydrogen) atoms. The monoisotopic (exact) mass is 536 g/mol. The SMILES string of the molecule is Cc1ccccc1OCC(=O)N(Cc1ccc(Br)cc1)C(Cc1ccccc1)C(=O)NCC(C)C. The van der Waals surface area contributed by atoms with Gasteiger partial charge in [-0.25, -0.2) is 0 Å². The van der Waals surface area contributed by atoms with Crippen molar-refractivity contribution in [1.82, 2.24) is 10.2 Å². The van der Waals surface area contributed by atoms with E-state index in [0.29, 0.717) is 31.2 Å². The molecule has 0 saturated heterocycles. The Morgan fingerprint density at radius 3 is 2.23 bits per heavy atom. The summed E-state index contributed by atoms with van der Waals surface area (Å²) in [7, 11) is 0. The number of aryl methyl sites for hydroxylation is 1. The van der Waals surface area contributed by atoms with Gasteiger partial charge in [-0.1, -0.05) is 90.4 Å². The van der Waals surface area contributed by atoms with Gasteiger partial charge in [0, 0.05) is 24.0 Å². The van der Waals surface area contributed by atoms with Crippen molar-refractivity contribution < 1.29 is 14.3 Å². The van der Waals surface area contributed by atoms with Crippen LogP contribution in [0.4, 0.5) is 0 Å². The van der Waals surface area contributed by atoms with E-state index in [9.17, 15) is 9.59 Å². The van der Waals surface area contributed by atoms with Gasteiger partial charge in [-0.05, 0) is 47.7 Å². The highest BCUT2D eigenvalue weighted by molar-refractivity contribution is 9.10. The molecule has 1 atom stereocenters. The maximum absolute atomic E-state index is 13.6. The molecule has 6 heteroatoms. The number of carbonyl (C=O) groups excluding carboxylic acids is 2. The van der Waals surface area contributed by atoms with Crippen molar-refractivity contribution in [3.8, 4) is 5.75 Å². The van der Waals surface area contributed by atoms with Crippen molar-refractivity contribution in [2.75, 3.05) is 13.2 Å². The highest BCUT2D eigenvalue weighted by Gasteiger charge is 2.30. The summed E-state index contributed by atoms with van der Waals surface area (Å²) in [5, 5.41) is 3.03. The average Bonchev–Trinajstić information content (AvgIpc) is 2.85. The Morgan fingerprint density at radius 1 is 0.914 bits per heavy atom. The van der Waals surface area contributed by atoms with Crippen LogP contribution in [0.1, 0.15) is 30.5 Å². The molecule has 3 rings (SSSR count). The largest absolute Gasteiger partial charge is 0.484 e. The summed E-state index contributed by atoms with van der Waals surface area (Å²) < 4.78 is 6.84. The average molecular weight is 537 g/mol. The molecule has 0 aliphatic carbocycles. The highest BCUT2D eigenvalue weighted by Crippen LogP contribution is 2.19. The smallest absolute Gasteiger partial charge is 0.261 e. The molecule has 1 unspecified atom stereocenters. The normalized spacial score (nSPS) is 11.7. The number of carbonyl (C=O) groups is 2. The number of amides is 2. The zero-order valence-corrected chi connectivity index (χ0v) is 22.1. The number of rotatable bonds is 11. The van der Waals surface area contributed by atoms with Gasteiger partial charge in [-0.15, -0.1) is 0 Å². The molecule has 0 fully saturated rings. The summed E-state index contributed by atoms with van der Waals surface area (Å²) in [6.45, 7) is 6.74. The quantitative estimate of drug-likeness (QED) is 0.349. The fourth-order valence-electron chi connectivity index (χ4n) is 3.70. The molecule has 0 saturated carbocycles. The second-order valence-corrected chi connectivity index (χ2v) is 9.96. The van der Waals surface area contributed by atoms with Gasteiger partial charge in [0.15, 0.2) is 6.61 Å². The Labute approximate surface area is 216 Å². The number of hydrogen-bond acceptors (Lipinski definition) is 3. The van der Waals surface area contributed by atoms with Crippen LogP contribution in [-0.4, -0.2) is 35.9 Å². The number of nitrogens with one attached hydrogen (secondary N) is 1. The Morgan fingerprint density at radius 2 is 1.57 bits per heavy atom. The lowest BCUT2D eigenvalue weighted by Crippen LogP contribution is -2.52. The van der Waals surface area contributed by atoms with E-state index in [-0.39, 0.29) is 18.4 Å². The summed E-state index contributed by atoms with van der Waals surface area (Å²) in [5.74, 6) is 0.561. The van der Waals surface area contributed by atoms with Gasteiger partial charge in [0.2, 0.25) is 5.91 Å². The molecule has 0 aromatic heterocycles. The van der Waals surface area contributed by atoms with Crippen molar-refractivity contribution >= 4 is 27.7 Å². The fourth-order valence-corrected chi connectivity index (χ4v) is 3.97. The highest BCUT2D eigenvalue weighted by atomic mass is 79.9. The van der Waals surface area contributed by atoms with Crippen LogP contribution >= 0.6 is 15.9 Å².